The normalized spacial score (nSPS) is 12.9. The summed E-state index contributed by atoms with van der Waals surface area (Å²) in [5.74, 6) is 0.693. The lowest BCUT2D eigenvalue weighted by atomic mass is 9.81. The van der Waals surface area contributed by atoms with Gasteiger partial charge >= 0.3 is 5.69 Å². The van der Waals surface area contributed by atoms with E-state index in [9.17, 15) is 4.79 Å². The quantitative estimate of drug-likeness (QED) is 0.185. The summed E-state index contributed by atoms with van der Waals surface area (Å²) < 4.78 is 3.38. The first-order valence-electron chi connectivity index (χ1n) is 17.3. The van der Waals surface area contributed by atoms with Gasteiger partial charge in [0.2, 0.25) is 0 Å². The summed E-state index contributed by atoms with van der Waals surface area (Å²) in [5, 5.41) is 0. The number of aromatic nitrogens is 4. The molecule has 5 heteroatoms. The Morgan fingerprint density at radius 1 is 0.451 bits per heavy atom. The summed E-state index contributed by atoms with van der Waals surface area (Å²) in [7, 11) is 3.63. The number of rotatable bonds is 5. The van der Waals surface area contributed by atoms with Crippen LogP contribution in [-0.4, -0.2) is 19.1 Å². The Morgan fingerprint density at radius 3 is 1.59 bits per heavy atom. The molecule has 5 nitrogen and oxygen atoms in total. The van der Waals surface area contributed by atoms with Gasteiger partial charge in [0, 0.05) is 36.2 Å². The molecule has 8 aromatic rings. The summed E-state index contributed by atoms with van der Waals surface area (Å²) in [6, 6.07) is 51.2. The summed E-state index contributed by atoms with van der Waals surface area (Å²) in [6.45, 7) is 4.65. The maximum Gasteiger partial charge on any atom is 0.328 e. The molecule has 1 aliphatic carbocycles. The van der Waals surface area contributed by atoms with Crippen LogP contribution in [0, 0.1) is 0 Å². The molecule has 0 fully saturated rings. The molecule has 9 rings (SSSR count). The molecule has 0 N–H and O–H groups in total. The van der Waals surface area contributed by atoms with Crippen molar-refractivity contribution in [2.24, 2.45) is 14.1 Å². The first-order chi connectivity index (χ1) is 24.8. The van der Waals surface area contributed by atoms with Gasteiger partial charge in [0.1, 0.15) is 0 Å². The Balaban J connectivity index is 1.11. The first kappa shape index (κ1) is 30.7. The molecule has 0 bridgehead atoms. The smallest absolute Gasteiger partial charge is 0.295 e. The first-order valence-corrected chi connectivity index (χ1v) is 17.3. The number of benzene rings is 6. The van der Waals surface area contributed by atoms with E-state index in [1.807, 2.05) is 38.4 Å². The van der Waals surface area contributed by atoms with Gasteiger partial charge in [0.15, 0.2) is 5.82 Å². The minimum absolute atomic E-state index is 0.0278. The van der Waals surface area contributed by atoms with Crippen molar-refractivity contribution >= 4 is 11.0 Å². The fraction of sp³-hybridized carbons (Fsp3) is 0.109. The van der Waals surface area contributed by atoms with Crippen molar-refractivity contribution in [3.05, 3.63) is 167 Å². The summed E-state index contributed by atoms with van der Waals surface area (Å²) in [5.41, 5.74) is 16.2. The highest BCUT2D eigenvalue weighted by Gasteiger charge is 2.36. The monoisotopic (exact) mass is 660 g/mol. The van der Waals surface area contributed by atoms with Crippen LogP contribution in [0.2, 0.25) is 0 Å². The molecule has 2 heterocycles. The van der Waals surface area contributed by atoms with Gasteiger partial charge in [-0.05, 0) is 74.8 Å². The third-order valence-electron chi connectivity index (χ3n) is 10.6. The zero-order valence-corrected chi connectivity index (χ0v) is 29.1. The second-order valence-electron chi connectivity index (χ2n) is 14.0. The second kappa shape index (κ2) is 11.6. The van der Waals surface area contributed by atoms with Crippen molar-refractivity contribution in [2.45, 2.75) is 19.3 Å². The Hall–Kier alpha value is -6.33. The number of hydrogen-bond donors (Lipinski definition) is 0. The van der Waals surface area contributed by atoms with Crippen molar-refractivity contribution < 1.29 is 0 Å². The molecule has 0 aliphatic heterocycles. The van der Waals surface area contributed by atoms with Crippen molar-refractivity contribution in [1.82, 2.24) is 19.1 Å². The molecule has 0 saturated heterocycles. The molecule has 0 atom stereocenters. The molecule has 0 radical (unpaired) electrons. The van der Waals surface area contributed by atoms with E-state index in [2.05, 4.69) is 135 Å². The summed E-state index contributed by atoms with van der Waals surface area (Å²) in [4.78, 5) is 22.7. The lowest BCUT2D eigenvalue weighted by molar-refractivity contribution is 0.661. The molecule has 6 aromatic carbocycles. The zero-order valence-electron chi connectivity index (χ0n) is 29.1. The number of fused-ring (bicyclic) bond motifs is 4. The second-order valence-corrected chi connectivity index (χ2v) is 14.0. The van der Waals surface area contributed by atoms with Crippen LogP contribution >= 0.6 is 0 Å². The molecule has 0 spiro atoms. The van der Waals surface area contributed by atoms with Gasteiger partial charge in [-0.2, -0.15) is 0 Å². The Morgan fingerprint density at radius 2 is 0.922 bits per heavy atom. The van der Waals surface area contributed by atoms with Crippen molar-refractivity contribution in [3.8, 4) is 67.3 Å². The van der Waals surface area contributed by atoms with Gasteiger partial charge in [0.05, 0.1) is 22.4 Å². The average molecular weight is 661 g/mol. The number of hydrogen-bond acceptors (Lipinski definition) is 3. The standard InChI is InChI=1S/C46H36N4O/c1-46(2)38-25-33(29-11-7-5-8-12-29)19-22-36(38)37-23-20-35(26-39(37)46)41-28-40(47-44(48-41)32-13-9-6-10-14-32)31-17-15-30(16-18-31)34-21-24-42-43(27-34)50(4)45(51)49(42)3/h5-28H,1-4H3. The Labute approximate surface area is 297 Å². The van der Waals surface area contributed by atoms with Crippen molar-refractivity contribution in [1.29, 1.82) is 0 Å². The van der Waals surface area contributed by atoms with Gasteiger partial charge in [-0.3, -0.25) is 9.13 Å². The minimum atomic E-state index is -0.172. The SMILES string of the molecule is Cn1c(=O)n(C)c2cc(-c3ccc(-c4cc(-c5ccc6c(c5)C(C)(C)c5cc(-c7ccccc7)ccc5-6)nc(-c5ccccc5)n4)cc3)ccc21. The molecule has 246 valence electrons. The topological polar surface area (TPSA) is 52.7 Å². The van der Waals surface area contributed by atoms with E-state index in [0.29, 0.717) is 5.82 Å². The predicted molar refractivity (Wildman–Crippen MR) is 208 cm³/mol. The third kappa shape index (κ3) is 5.04. The van der Waals surface area contributed by atoms with E-state index < -0.39 is 0 Å². The fourth-order valence-electron chi connectivity index (χ4n) is 7.69. The number of nitrogens with zero attached hydrogens (tertiary/aromatic N) is 4. The molecular formula is C46H36N4O. The van der Waals surface area contributed by atoms with E-state index in [0.717, 1.165) is 50.2 Å². The van der Waals surface area contributed by atoms with E-state index in [4.69, 9.17) is 9.97 Å². The Kier molecular flexibility index (Phi) is 7.01. The van der Waals surface area contributed by atoms with Crippen LogP contribution < -0.4 is 5.69 Å². The van der Waals surface area contributed by atoms with Gasteiger partial charge in [0.25, 0.3) is 0 Å². The Bertz CT molecular complexity index is 2680. The molecule has 2 aromatic heterocycles. The molecule has 1 aliphatic rings. The van der Waals surface area contributed by atoms with Gasteiger partial charge < -0.3 is 0 Å². The predicted octanol–water partition coefficient (Wildman–Crippen LogP) is 10.3. The highest BCUT2D eigenvalue weighted by molar-refractivity contribution is 5.87. The van der Waals surface area contributed by atoms with Gasteiger partial charge in [-0.25, -0.2) is 14.8 Å². The van der Waals surface area contributed by atoms with E-state index in [1.165, 1.54) is 33.4 Å². The van der Waals surface area contributed by atoms with Crippen LogP contribution in [0.15, 0.2) is 150 Å². The van der Waals surface area contributed by atoms with Crippen LogP contribution in [0.4, 0.5) is 0 Å². The highest BCUT2D eigenvalue weighted by Crippen LogP contribution is 2.50. The lowest BCUT2D eigenvalue weighted by Gasteiger charge is -2.22. The average Bonchev–Trinajstić information content (AvgIpc) is 3.54. The minimum Gasteiger partial charge on any atom is -0.295 e. The lowest BCUT2D eigenvalue weighted by Crippen LogP contribution is -2.19. The largest absolute Gasteiger partial charge is 0.328 e. The maximum absolute atomic E-state index is 12.5. The van der Waals surface area contributed by atoms with Gasteiger partial charge in [-0.15, -0.1) is 0 Å². The van der Waals surface area contributed by atoms with E-state index in [1.54, 1.807) is 9.13 Å². The van der Waals surface area contributed by atoms with E-state index in [-0.39, 0.29) is 11.1 Å². The highest BCUT2D eigenvalue weighted by atomic mass is 16.1. The molecule has 0 amide bonds. The number of aryl methyl sites for hydroxylation is 2. The van der Waals surface area contributed by atoms with Crippen molar-refractivity contribution in [3.63, 3.8) is 0 Å². The van der Waals surface area contributed by atoms with Crippen LogP contribution in [0.1, 0.15) is 25.0 Å². The molecule has 51 heavy (non-hydrogen) atoms. The van der Waals surface area contributed by atoms with E-state index >= 15 is 0 Å². The van der Waals surface area contributed by atoms with Crippen LogP contribution in [0.5, 0.6) is 0 Å². The molecule has 0 saturated carbocycles. The van der Waals surface area contributed by atoms with Crippen LogP contribution in [-0.2, 0) is 19.5 Å². The number of imidazole rings is 1. The molecule has 0 unspecified atom stereocenters. The summed E-state index contributed by atoms with van der Waals surface area (Å²) in [6.07, 6.45) is 0. The third-order valence-corrected chi connectivity index (χ3v) is 10.6. The molecular weight excluding hydrogens is 625 g/mol. The summed E-state index contributed by atoms with van der Waals surface area (Å²) >= 11 is 0. The van der Waals surface area contributed by atoms with Crippen LogP contribution in [0.3, 0.4) is 0 Å². The fourth-order valence-corrected chi connectivity index (χ4v) is 7.69. The van der Waals surface area contributed by atoms with Crippen LogP contribution in [0.25, 0.3) is 78.3 Å². The van der Waals surface area contributed by atoms with Gasteiger partial charge in [-0.1, -0.05) is 129 Å². The zero-order chi connectivity index (χ0) is 34.9. The van der Waals surface area contributed by atoms with Crippen molar-refractivity contribution in [2.75, 3.05) is 0 Å². The maximum atomic E-state index is 12.5.